The fourth-order valence-corrected chi connectivity index (χ4v) is 2.42. The summed E-state index contributed by atoms with van der Waals surface area (Å²) in [6.07, 6.45) is 0. The van der Waals surface area contributed by atoms with E-state index >= 15 is 0 Å². The van der Waals surface area contributed by atoms with Crippen molar-refractivity contribution in [2.75, 3.05) is 5.73 Å². The lowest BCUT2D eigenvalue weighted by Crippen LogP contribution is -2.08. The summed E-state index contributed by atoms with van der Waals surface area (Å²) in [7, 11) is 0. The maximum atomic E-state index is 11.8. The smallest absolute Gasteiger partial charge is 0.340 e. The predicted molar refractivity (Wildman–Crippen MR) is 77.0 cm³/mol. The van der Waals surface area contributed by atoms with Crippen LogP contribution in [-0.2, 0) is 11.3 Å². The third kappa shape index (κ3) is 3.19. The zero-order chi connectivity index (χ0) is 12.3. The van der Waals surface area contributed by atoms with Crippen LogP contribution in [0.3, 0.4) is 0 Å². The van der Waals surface area contributed by atoms with Crippen molar-refractivity contribution in [3.8, 4) is 0 Å². The van der Waals surface area contributed by atoms with Gasteiger partial charge in [0.1, 0.15) is 6.61 Å². The van der Waals surface area contributed by atoms with E-state index in [-0.39, 0.29) is 5.97 Å². The molecule has 0 atom stereocenters. The molecule has 0 radical (unpaired) electrons. The molecule has 1 heterocycles. The summed E-state index contributed by atoms with van der Waals surface area (Å²) in [6.45, 7) is 0.293. The Hall–Kier alpha value is -1.08. The van der Waals surface area contributed by atoms with E-state index in [1.165, 1.54) is 0 Å². The average molecular weight is 359 g/mol. The van der Waals surface area contributed by atoms with Crippen molar-refractivity contribution in [2.45, 2.75) is 6.61 Å². The number of hydrogen-bond donors (Lipinski definition) is 1. The van der Waals surface area contributed by atoms with E-state index in [9.17, 15) is 4.79 Å². The molecule has 0 unspecified atom stereocenters. The minimum atomic E-state index is -0.380. The minimum Gasteiger partial charge on any atom is -0.456 e. The molecule has 5 heteroatoms. The summed E-state index contributed by atoms with van der Waals surface area (Å²) in [5.41, 5.74) is 6.61. The molecule has 0 spiro atoms. The highest BCUT2D eigenvalue weighted by atomic mass is 127. The number of halogens is 1. The largest absolute Gasteiger partial charge is 0.456 e. The number of carbonyl (C=O) groups excluding carboxylic acids is 1. The summed E-state index contributed by atoms with van der Waals surface area (Å²) < 4.78 is 6.15. The molecule has 0 fully saturated rings. The van der Waals surface area contributed by atoms with Crippen LogP contribution >= 0.6 is 33.9 Å². The lowest BCUT2D eigenvalue weighted by molar-refractivity contribution is 0.0478. The van der Waals surface area contributed by atoms with Crippen LogP contribution in [0.2, 0.25) is 0 Å². The Morgan fingerprint density at radius 2 is 2.24 bits per heavy atom. The topological polar surface area (TPSA) is 52.3 Å². The van der Waals surface area contributed by atoms with Crippen LogP contribution in [0, 0.1) is 3.57 Å². The monoisotopic (exact) mass is 359 g/mol. The zero-order valence-electron chi connectivity index (χ0n) is 8.85. The first-order valence-corrected chi connectivity index (χ1v) is 6.87. The number of benzene rings is 1. The second-order valence-electron chi connectivity index (χ2n) is 3.39. The molecule has 0 saturated carbocycles. The Balaban J connectivity index is 2.07. The standard InChI is InChI=1S/C12H10INO2S/c13-8-3-4-11(14)10(6-8)12(15)16-7-9-2-1-5-17-9/h1-6H,7,14H2. The van der Waals surface area contributed by atoms with Crippen molar-refractivity contribution in [1.29, 1.82) is 0 Å². The maximum absolute atomic E-state index is 11.8. The van der Waals surface area contributed by atoms with Gasteiger partial charge in [-0.05, 0) is 52.2 Å². The number of rotatable bonds is 3. The summed E-state index contributed by atoms with van der Waals surface area (Å²) in [6, 6.07) is 9.14. The average Bonchev–Trinajstić information content (AvgIpc) is 2.82. The molecular formula is C12H10INO2S. The highest BCUT2D eigenvalue weighted by Crippen LogP contribution is 2.18. The third-order valence-corrected chi connectivity index (χ3v) is 3.68. The van der Waals surface area contributed by atoms with Gasteiger partial charge in [-0.3, -0.25) is 0 Å². The van der Waals surface area contributed by atoms with Crippen molar-refractivity contribution >= 4 is 45.6 Å². The van der Waals surface area contributed by atoms with Gasteiger partial charge >= 0.3 is 5.97 Å². The van der Waals surface area contributed by atoms with Crippen molar-refractivity contribution in [3.05, 3.63) is 49.7 Å². The fourth-order valence-electron chi connectivity index (χ4n) is 1.31. The molecule has 2 rings (SSSR count). The number of hydrogen-bond acceptors (Lipinski definition) is 4. The molecular weight excluding hydrogens is 349 g/mol. The molecule has 1 aromatic heterocycles. The van der Waals surface area contributed by atoms with Gasteiger partial charge in [0.05, 0.1) is 5.56 Å². The molecule has 0 bridgehead atoms. The van der Waals surface area contributed by atoms with E-state index in [0.29, 0.717) is 17.9 Å². The predicted octanol–water partition coefficient (Wildman–Crippen LogP) is 3.29. The van der Waals surface area contributed by atoms with Crippen molar-refractivity contribution < 1.29 is 9.53 Å². The van der Waals surface area contributed by atoms with Gasteiger partial charge in [0.2, 0.25) is 0 Å². The molecule has 2 N–H and O–H groups in total. The highest BCUT2D eigenvalue weighted by Gasteiger charge is 2.11. The molecule has 1 aromatic carbocycles. The van der Waals surface area contributed by atoms with E-state index < -0.39 is 0 Å². The molecule has 0 amide bonds. The van der Waals surface area contributed by atoms with Crippen LogP contribution in [0.15, 0.2) is 35.7 Å². The Kier molecular flexibility index (Phi) is 4.01. The molecule has 3 nitrogen and oxygen atoms in total. The number of ether oxygens (including phenoxy) is 1. The SMILES string of the molecule is Nc1ccc(I)cc1C(=O)OCc1cccs1. The van der Waals surface area contributed by atoms with E-state index in [1.54, 1.807) is 23.5 Å². The van der Waals surface area contributed by atoms with Crippen LogP contribution in [0.1, 0.15) is 15.2 Å². The number of thiophene rings is 1. The van der Waals surface area contributed by atoms with Gasteiger partial charge in [0.15, 0.2) is 0 Å². The van der Waals surface area contributed by atoms with E-state index in [0.717, 1.165) is 8.45 Å². The fraction of sp³-hybridized carbons (Fsp3) is 0.0833. The molecule has 0 aliphatic heterocycles. The quantitative estimate of drug-likeness (QED) is 0.520. The summed E-state index contributed by atoms with van der Waals surface area (Å²) in [5, 5.41) is 1.95. The van der Waals surface area contributed by atoms with Crippen LogP contribution in [-0.4, -0.2) is 5.97 Å². The van der Waals surface area contributed by atoms with Crippen LogP contribution in [0.4, 0.5) is 5.69 Å². The number of carbonyl (C=O) groups is 1. The normalized spacial score (nSPS) is 10.2. The van der Waals surface area contributed by atoms with Gasteiger partial charge in [-0.2, -0.15) is 0 Å². The van der Waals surface area contributed by atoms with E-state index in [2.05, 4.69) is 22.6 Å². The lowest BCUT2D eigenvalue weighted by atomic mass is 10.2. The van der Waals surface area contributed by atoms with Gasteiger partial charge in [-0.25, -0.2) is 4.79 Å². The molecule has 2 aromatic rings. The Morgan fingerprint density at radius 1 is 1.41 bits per heavy atom. The van der Waals surface area contributed by atoms with E-state index in [4.69, 9.17) is 10.5 Å². The van der Waals surface area contributed by atoms with Crippen LogP contribution in [0.5, 0.6) is 0 Å². The van der Waals surface area contributed by atoms with Gasteiger partial charge in [0, 0.05) is 14.1 Å². The summed E-state index contributed by atoms with van der Waals surface area (Å²) >= 11 is 3.69. The number of esters is 1. The Labute approximate surface area is 117 Å². The lowest BCUT2D eigenvalue weighted by Gasteiger charge is -2.06. The van der Waals surface area contributed by atoms with Gasteiger partial charge in [-0.15, -0.1) is 11.3 Å². The first-order valence-electron chi connectivity index (χ1n) is 4.91. The molecule has 0 aliphatic carbocycles. The first-order chi connectivity index (χ1) is 8.16. The molecule has 17 heavy (non-hydrogen) atoms. The zero-order valence-corrected chi connectivity index (χ0v) is 11.8. The number of nitrogens with two attached hydrogens (primary N) is 1. The van der Waals surface area contributed by atoms with Gasteiger partial charge in [0.25, 0.3) is 0 Å². The van der Waals surface area contributed by atoms with Crippen molar-refractivity contribution in [2.24, 2.45) is 0 Å². The molecule has 0 saturated heterocycles. The first kappa shape index (κ1) is 12.4. The third-order valence-electron chi connectivity index (χ3n) is 2.16. The Bertz CT molecular complexity index is 525. The number of anilines is 1. The molecule has 0 aliphatic rings. The minimum absolute atomic E-state index is 0.293. The summed E-state index contributed by atoms with van der Waals surface area (Å²) in [4.78, 5) is 12.8. The number of nitrogen functional groups attached to an aromatic ring is 1. The van der Waals surface area contributed by atoms with Crippen molar-refractivity contribution in [3.63, 3.8) is 0 Å². The Morgan fingerprint density at radius 3 is 2.94 bits per heavy atom. The highest BCUT2D eigenvalue weighted by molar-refractivity contribution is 14.1. The van der Waals surface area contributed by atoms with Crippen molar-refractivity contribution in [1.82, 2.24) is 0 Å². The van der Waals surface area contributed by atoms with E-state index in [1.807, 2.05) is 23.6 Å². The maximum Gasteiger partial charge on any atom is 0.340 e. The van der Waals surface area contributed by atoms with Gasteiger partial charge in [-0.1, -0.05) is 6.07 Å². The van der Waals surface area contributed by atoms with Crippen LogP contribution < -0.4 is 5.73 Å². The summed E-state index contributed by atoms with van der Waals surface area (Å²) in [5.74, 6) is -0.380. The molecule has 88 valence electrons. The second kappa shape index (κ2) is 5.50. The van der Waals surface area contributed by atoms with Gasteiger partial charge < -0.3 is 10.5 Å². The second-order valence-corrected chi connectivity index (χ2v) is 5.66. The van der Waals surface area contributed by atoms with Crippen LogP contribution in [0.25, 0.3) is 0 Å².